The molecule has 1 heterocycles. The van der Waals surface area contributed by atoms with Crippen LogP contribution in [0.5, 0.6) is 0 Å². The van der Waals surface area contributed by atoms with Gasteiger partial charge in [0.2, 0.25) is 0 Å². The molecule has 1 unspecified atom stereocenters. The van der Waals surface area contributed by atoms with E-state index < -0.39 is 0 Å². The third-order valence-electron chi connectivity index (χ3n) is 5.42. The lowest BCUT2D eigenvalue weighted by Gasteiger charge is -2.16. The van der Waals surface area contributed by atoms with Crippen molar-refractivity contribution in [1.29, 1.82) is 0 Å². The largest absolute Gasteiger partial charge is 0.382 e. The van der Waals surface area contributed by atoms with Crippen molar-refractivity contribution >= 4 is 11.6 Å². The van der Waals surface area contributed by atoms with Crippen molar-refractivity contribution in [2.75, 3.05) is 0 Å². The number of halogens is 1. The molecule has 1 atom stereocenters. The van der Waals surface area contributed by atoms with E-state index in [1.807, 2.05) is 6.07 Å². The molecule has 0 aliphatic heterocycles. The van der Waals surface area contributed by atoms with E-state index in [4.69, 9.17) is 0 Å². The predicted octanol–water partition coefficient (Wildman–Crippen LogP) is 5.23. The second kappa shape index (κ2) is 9.21. The summed E-state index contributed by atoms with van der Waals surface area (Å²) in [5.41, 5.74) is 3.85. The third-order valence-corrected chi connectivity index (χ3v) is 5.42. The highest BCUT2D eigenvalue weighted by atomic mass is 19.1. The maximum absolute atomic E-state index is 14.5. The van der Waals surface area contributed by atoms with Crippen LogP contribution in [0.15, 0.2) is 37.0 Å². The summed E-state index contributed by atoms with van der Waals surface area (Å²) < 4.78 is 14.5. The fourth-order valence-electron chi connectivity index (χ4n) is 3.36. The van der Waals surface area contributed by atoms with E-state index in [0.29, 0.717) is 28.4 Å². The molecule has 154 valence electrons. The average Bonchev–Trinajstić information content (AvgIpc) is 3.53. The Balaban J connectivity index is 1.80. The minimum Gasteiger partial charge on any atom is -0.382 e. The maximum Gasteiger partial charge on any atom is 0.253 e. The van der Waals surface area contributed by atoms with E-state index in [9.17, 15) is 9.18 Å². The van der Waals surface area contributed by atoms with E-state index in [0.717, 1.165) is 43.4 Å². The van der Waals surface area contributed by atoms with Gasteiger partial charge in [-0.3, -0.25) is 9.78 Å². The number of hydrogen-bond donors (Lipinski definition) is 2. The zero-order valence-electron chi connectivity index (χ0n) is 17.5. The number of nitrogens with one attached hydrogen (secondary N) is 2. The zero-order chi connectivity index (χ0) is 21.0. The Labute approximate surface area is 172 Å². The summed E-state index contributed by atoms with van der Waals surface area (Å²) >= 11 is 0. The first-order valence-electron chi connectivity index (χ1n) is 10.5. The lowest BCUT2D eigenvalue weighted by atomic mass is 9.99. The van der Waals surface area contributed by atoms with Gasteiger partial charge in [0.25, 0.3) is 5.91 Å². The molecule has 1 aliphatic carbocycles. The fourth-order valence-corrected chi connectivity index (χ4v) is 3.36. The molecule has 3 rings (SSSR count). The number of carbonyl (C=O) groups excluding carboxylic acids is 1. The number of hydrogen-bond acceptors (Lipinski definition) is 3. The van der Waals surface area contributed by atoms with E-state index >= 15 is 0 Å². The molecule has 1 amide bonds. The first-order valence-corrected chi connectivity index (χ1v) is 10.5. The molecule has 5 heteroatoms. The summed E-state index contributed by atoms with van der Waals surface area (Å²) in [7, 11) is 0. The number of rotatable bonds is 9. The van der Waals surface area contributed by atoms with E-state index in [1.165, 1.54) is 6.07 Å². The fraction of sp³-hybridized carbons (Fsp3) is 0.417. The van der Waals surface area contributed by atoms with Crippen LogP contribution in [0.25, 0.3) is 17.0 Å². The molecule has 1 saturated carbocycles. The van der Waals surface area contributed by atoms with Gasteiger partial charge in [0, 0.05) is 35.1 Å². The van der Waals surface area contributed by atoms with Gasteiger partial charge in [0.05, 0.1) is 11.3 Å². The van der Waals surface area contributed by atoms with Gasteiger partial charge in [0.1, 0.15) is 5.82 Å². The van der Waals surface area contributed by atoms with E-state index in [-0.39, 0.29) is 17.8 Å². The second-order valence-electron chi connectivity index (χ2n) is 7.83. The van der Waals surface area contributed by atoms with Crippen LogP contribution < -0.4 is 10.6 Å². The number of nitrogens with zero attached hydrogens (tertiary/aromatic N) is 1. The Morgan fingerprint density at radius 1 is 1.28 bits per heavy atom. The topological polar surface area (TPSA) is 54.0 Å². The van der Waals surface area contributed by atoms with E-state index in [1.54, 1.807) is 25.3 Å². The van der Waals surface area contributed by atoms with Crippen LogP contribution in [0.3, 0.4) is 0 Å². The number of aromatic nitrogens is 1. The van der Waals surface area contributed by atoms with Gasteiger partial charge in [-0.05, 0) is 62.4 Å². The summed E-state index contributed by atoms with van der Waals surface area (Å²) in [5.74, 6) is -0.409. The number of pyridine rings is 1. The summed E-state index contributed by atoms with van der Waals surface area (Å²) in [4.78, 5) is 16.9. The van der Waals surface area contributed by atoms with Crippen molar-refractivity contribution in [3.8, 4) is 11.3 Å². The molecule has 0 saturated heterocycles. The summed E-state index contributed by atoms with van der Waals surface area (Å²) in [6.07, 6.45) is 6.69. The highest BCUT2D eigenvalue weighted by Gasteiger charge is 2.22. The highest BCUT2D eigenvalue weighted by Crippen LogP contribution is 2.29. The van der Waals surface area contributed by atoms with Crippen molar-refractivity contribution in [2.24, 2.45) is 0 Å². The molecule has 0 radical (unpaired) electrons. The molecule has 29 heavy (non-hydrogen) atoms. The maximum atomic E-state index is 14.5. The quantitative estimate of drug-likeness (QED) is 0.611. The van der Waals surface area contributed by atoms with Crippen LogP contribution in [0.4, 0.5) is 4.39 Å². The monoisotopic (exact) mass is 395 g/mol. The standard InChI is InChI=1S/C24H30FN3O/c1-5-7-19(6-2)28-24(29)17-8-11-23(26-14-17)21-12-18(13-22(25)15(21)3)16(4)27-20-9-10-20/h8,11-14,19-20,27H,4-7,9-10H2,1-3H3,(H,28,29). The Morgan fingerprint density at radius 2 is 2.03 bits per heavy atom. The van der Waals surface area contributed by atoms with Crippen LogP contribution in [0.2, 0.25) is 0 Å². The number of carbonyl (C=O) groups is 1. The van der Waals surface area contributed by atoms with Crippen LogP contribution in [-0.2, 0) is 0 Å². The van der Waals surface area contributed by atoms with Gasteiger partial charge in [-0.25, -0.2) is 4.39 Å². The molecule has 0 bridgehead atoms. The van der Waals surface area contributed by atoms with Gasteiger partial charge in [-0.1, -0.05) is 26.8 Å². The summed E-state index contributed by atoms with van der Waals surface area (Å²) in [6.45, 7) is 9.96. The average molecular weight is 396 g/mol. The Kier molecular flexibility index (Phi) is 6.68. The third kappa shape index (κ3) is 5.22. The first kappa shape index (κ1) is 21.0. The lowest BCUT2D eigenvalue weighted by molar-refractivity contribution is 0.0933. The molecular weight excluding hydrogens is 365 g/mol. The van der Waals surface area contributed by atoms with Gasteiger partial charge < -0.3 is 10.6 Å². The Morgan fingerprint density at radius 3 is 2.62 bits per heavy atom. The molecule has 2 N–H and O–H groups in total. The first-order chi connectivity index (χ1) is 13.9. The van der Waals surface area contributed by atoms with Crippen LogP contribution in [0, 0.1) is 12.7 Å². The van der Waals surface area contributed by atoms with Gasteiger partial charge >= 0.3 is 0 Å². The predicted molar refractivity (Wildman–Crippen MR) is 116 cm³/mol. The smallest absolute Gasteiger partial charge is 0.253 e. The normalized spacial score (nSPS) is 14.3. The van der Waals surface area contributed by atoms with Gasteiger partial charge in [-0.2, -0.15) is 0 Å². The molecule has 1 aromatic heterocycles. The summed E-state index contributed by atoms with van der Waals surface area (Å²) in [5, 5.41) is 6.37. The SMILES string of the molecule is C=C(NC1CC1)c1cc(F)c(C)c(-c2ccc(C(=O)NC(CC)CCC)cn2)c1. The number of amides is 1. The minimum absolute atomic E-state index is 0.122. The Bertz CT molecular complexity index is 888. The Hall–Kier alpha value is -2.69. The molecule has 0 spiro atoms. The van der Waals surface area contributed by atoms with Gasteiger partial charge in [-0.15, -0.1) is 0 Å². The molecule has 4 nitrogen and oxygen atoms in total. The molecule has 2 aromatic rings. The lowest BCUT2D eigenvalue weighted by Crippen LogP contribution is -2.34. The number of benzene rings is 1. The van der Waals surface area contributed by atoms with Crippen LogP contribution in [0.1, 0.15) is 67.4 Å². The van der Waals surface area contributed by atoms with Crippen molar-refractivity contribution in [3.63, 3.8) is 0 Å². The molecule has 1 aromatic carbocycles. The van der Waals surface area contributed by atoms with Crippen molar-refractivity contribution in [2.45, 2.75) is 65.0 Å². The van der Waals surface area contributed by atoms with Crippen molar-refractivity contribution in [1.82, 2.24) is 15.6 Å². The molecular formula is C24H30FN3O. The van der Waals surface area contributed by atoms with Crippen molar-refractivity contribution in [3.05, 3.63) is 59.5 Å². The zero-order valence-corrected chi connectivity index (χ0v) is 17.5. The summed E-state index contributed by atoms with van der Waals surface area (Å²) in [6, 6.07) is 7.57. The minimum atomic E-state index is -0.287. The van der Waals surface area contributed by atoms with E-state index in [2.05, 4.69) is 36.0 Å². The van der Waals surface area contributed by atoms with Crippen LogP contribution >= 0.6 is 0 Å². The van der Waals surface area contributed by atoms with Crippen LogP contribution in [-0.4, -0.2) is 23.0 Å². The van der Waals surface area contributed by atoms with Gasteiger partial charge in [0.15, 0.2) is 0 Å². The van der Waals surface area contributed by atoms with Crippen molar-refractivity contribution < 1.29 is 9.18 Å². The second-order valence-corrected chi connectivity index (χ2v) is 7.83. The highest BCUT2D eigenvalue weighted by molar-refractivity contribution is 5.94. The molecule has 1 fully saturated rings. The molecule has 1 aliphatic rings.